The highest BCUT2D eigenvalue weighted by molar-refractivity contribution is 5.69. The monoisotopic (exact) mass is 471 g/mol. The maximum absolute atomic E-state index is 13.8. The average molecular weight is 472 g/mol. The van der Waals surface area contributed by atoms with Crippen molar-refractivity contribution in [3.05, 3.63) is 29.1 Å². The summed E-state index contributed by atoms with van der Waals surface area (Å²) in [6, 6.07) is 0.894. The molecular formula is C22H32F3N5O3. The third kappa shape index (κ3) is 6.89. The van der Waals surface area contributed by atoms with Gasteiger partial charge in [0.1, 0.15) is 18.3 Å². The number of hydrogen-bond donors (Lipinski definition) is 2. The van der Waals surface area contributed by atoms with Crippen LogP contribution < -0.4 is 16.3 Å². The minimum Gasteiger partial charge on any atom is -0.474 e. The van der Waals surface area contributed by atoms with Gasteiger partial charge < -0.3 is 25.1 Å². The van der Waals surface area contributed by atoms with Crippen LogP contribution in [0.2, 0.25) is 0 Å². The summed E-state index contributed by atoms with van der Waals surface area (Å²) in [5.41, 5.74) is 5.23. The Hall–Kier alpha value is -2.69. The number of likely N-dealkylation sites (N-methyl/N-ethyl adjacent to an activating group) is 1. The molecule has 2 aliphatic carbocycles. The van der Waals surface area contributed by atoms with E-state index in [1.165, 1.54) is 18.1 Å². The molecule has 33 heavy (non-hydrogen) atoms. The molecule has 1 aromatic heterocycles. The van der Waals surface area contributed by atoms with Gasteiger partial charge in [-0.25, -0.2) is 15.6 Å². The van der Waals surface area contributed by atoms with Gasteiger partial charge >= 0.3 is 12.3 Å². The fourth-order valence-electron chi connectivity index (χ4n) is 3.78. The quantitative estimate of drug-likeness (QED) is 0.440. The minimum atomic E-state index is -4.68. The van der Waals surface area contributed by atoms with Gasteiger partial charge in [0, 0.05) is 32.4 Å². The average Bonchev–Trinajstić information content (AvgIpc) is 3.57. The molecule has 1 aromatic rings. The first-order valence-corrected chi connectivity index (χ1v) is 11.2. The van der Waals surface area contributed by atoms with Crippen LogP contribution in [0.1, 0.15) is 56.1 Å². The number of halogens is 3. The molecular weight excluding hydrogens is 439 g/mol. The normalized spacial score (nSPS) is 17.9. The zero-order chi connectivity index (χ0) is 24.2. The zero-order valence-electron chi connectivity index (χ0n) is 19.0. The van der Waals surface area contributed by atoms with Crippen LogP contribution in [0, 0.1) is 5.92 Å². The molecule has 0 saturated heterocycles. The predicted molar refractivity (Wildman–Crippen MR) is 116 cm³/mol. The molecule has 1 amide bonds. The van der Waals surface area contributed by atoms with Crippen molar-refractivity contribution in [2.24, 2.45) is 17.5 Å². The number of nitrogens with zero attached hydrogens (tertiary/aromatic N) is 3. The molecule has 0 atom stereocenters. The van der Waals surface area contributed by atoms with E-state index in [4.69, 9.17) is 21.1 Å². The van der Waals surface area contributed by atoms with Gasteiger partial charge in [0.25, 0.3) is 0 Å². The minimum absolute atomic E-state index is 0.00741. The molecule has 0 aromatic carbocycles. The molecule has 2 aliphatic rings. The Morgan fingerprint density at radius 1 is 1.18 bits per heavy atom. The van der Waals surface area contributed by atoms with Gasteiger partial charge in [0.2, 0.25) is 5.88 Å². The Balaban J connectivity index is 1.80. The van der Waals surface area contributed by atoms with E-state index in [0.29, 0.717) is 25.3 Å². The molecule has 0 spiro atoms. The van der Waals surface area contributed by atoms with Gasteiger partial charge in [-0.2, -0.15) is 13.2 Å². The number of ether oxygens (including phenoxy) is 2. The third-order valence-electron chi connectivity index (χ3n) is 5.91. The number of hydrazine groups is 1. The van der Waals surface area contributed by atoms with Crippen LogP contribution in [-0.4, -0.2) is 54.3 Å². The molecule has 11 heteroatoms. The molecule has 0 unspecified atom stereocenters. The topological polar surface area (TPSA) is 107 Å². The number of rotatable bonds is 8. The van der Waals surface area contributed by atoms with Crippen LogP contribution in [0.25, 0.3) is 5.70 Å². The zero-order valence-corrected chi connectivity index (χ0v) is 19.0. The molecule has 0 aliphatic heterocycles. The number of pyridine rings is 1. The summed E-state index contributed by atoms with van der Waals surface area (Å²) in [4.78, 5) is 17.6. The van der Waals surface area contributed by atoms with Crippen molar-refractivity contribution < 1.29 is 27.4 Å². The van der Waals surface area contributed by atoms with Crippen LogP contribution in [-0.2, 0) is 10.9 Å². The SMILES string of the molecule is CN(CC1CC1)C(=O)OC/C(=C(/N)c1cnc(OC2CCCCC2)c(C(F)(F)F)c1)N(C)N. The third-order valence-corrected chi connectivity index (χ3v) is 5.91. The van der Waals surface area contributed by atoms with Crippen molar-refractivity contribution >= 4 is 11.8 Å². The summed E-state index contributed by atoms with van der Waals surface area (Å²) in [7, 11) is 3.09. The Morgan fingerprint density at radius 3 is 2.42 bits per heavy atom. The highest BCUT2D eigenvalue weighted by Gasteiger charge is 2.37. The largest absolute Gasteiger partial charge is 0.474 e. The van der Waals surface area contributed by atoms with Crippen LogP contribution in [0.5, 0.6) is 5.88 Å². The van der Waals surface area contributed by atoms with Crippen molar-refractivity contribution in [3.63, 3.8) is 0 Å². The molecule has 8 nitrogen and oxygen atoms in total. The number of aromatic nitrogens is 1. The van der Waals surface area contributed by atoms with Crippen LogP contribution in [0.15, 0.2) is 18.0 Å². The second-order valence-electron chi connectivity index (χ2n) is 8.80. The first-order valence-electron chi connectivity index (χ1n) is 11.2. The molecule has 2 fully saturated rings. The Labute approximate surface area is 191 Å². The maximum atomic E-state index is 13.8. The van der Waals surface area contributed by atoms with Crippen molar-refractivity contribution in [1.82, 2.24) is 14.9 Å². The summed E-state index contributed by atoms with van der Waals surface area (Å²) < 4.78 is 52.2. The Morgan fingerprint density at radius 2 is 1.85 bits per heavy atom. The predicted octanol–water partition coefficient (Wildman–Crippen LogP) is 3.72. The summed E-state index contributed by atoms with van der Waals surface area (Å²) in [6.45, 7) is 0.293. The van der Waals surface area contributed by atoms with Crippen molar-refractivity contribution in [3.8, 4) is 5.88 Å². The van der Waals surface area contributed by atoms with Gasteiger partial charge in [-0.15, -0.1) is 0 Å². The van der Waals surface area contributed by atoms with Crippen molar-refractivity contribution in [2.45, 2.75) is 57.2 Å². The molecule has 3 rings (SSSR count). The lowest BCUT2D eigenvalue weighted by atomic mass is 9.98. The maximum Gasteiger partial charge on any atom is 0.421 e. The second-order valence-corrected chi connectivity index (χ2v) is 8.80. The molecule has 0 bridgehead atoms. The molecule has 4 N–H and O–H groups in total. The van der Waals surface area contributed by atoms with E-state index >= 15 is 0 Å². The van der Waals surface area contributed by atoms with Gasteiger partial charge in [-0.1, -0.05) is 6.42 Å². The number of amides is 1. The summed E-state index contributed by atoms with van der Waals surface area (Å²) in [5.74, 6) is 5.86. The van der Waals surface area contributed by atoms with Crippen LogP contribution in [0.4, 0.5) is 18.0 Å². The lowest BCUT2D eigenvalue weighted by molar-refractivity contribution is -0.139. The van der Waals surface area contributed by atoms with Crippen LogP contribution in [0.3, 0.4) is 0 Å². The first-order chi connectivity index (χ1) is 15.6. The van der Waals surface area contributed by atoms with Gasteiger partial charge in [-0.3, -0.25) is 0 Å². The summed E-state index contributed by atoms with van der Waals surface area (Å²) in [5, 5.41) is 1.11. The van der Waals surface area contributed by atoms with Crippen LogP contribution >= 0.6 is 0 Å². The van der Waals surface area contributed by atoms with E-state index in [2.05, 4.69) is 4.98 Å². The molecule has 2 saturated carbocycles. The highest BCUT2D eigenvalue weighted by atomic mass is 19.4. The Kier molecular flexibility index (Phi) is 7.93. The summed E-state index contributed by atoms with van der Waals surface area (Å²) >= 11 is 0. The summed E-state index contributed by atoms with van der Waals surface area (Å²) in [6.07, 6.45) is 2.14. The van der Waals surface area contributed by atoms with E-state index < -0.39 is 23.7 Å². The number of carbonyl (C=O) groups is 1. The molecule has 1 heterocycles. The van der Waals surface area contributed by atoms with E-state index in [1.807, 2.05) is 0 Å². The number of hydrogen-bond acceptors (Lipinski definition) is 7. The standard InChI is InChI=1S/C22H32F3N5O3/c1-29(12-14-8-9-14)21(31)32-13-18(30(2)27)19(26)15-10-17(22(23,24)25)20(28-11-15)33-16-6-4-3-5-7-16/h10-11,14,16H,3-9,12-13,26-27H2,1-2H3/b19-18-. The van der Waals surface area contributed by atoms with E-state index in [1.54, 1.807) is 7.05 Å². The van der Waals surface area contributed by atoms with Crippen molar-refractivity contribution in [2.75, 3.05) is 27.2 Å². The van der Waals surface area contributed by atoms with E-state index in [9.17, 15) is 18.0 Å². The Bertz CT molecular complexity index is 865. The fourth-order valence-corrected chi connectivity index (χ4v) is 3.78. The number of carbonyl (C=O) groups excluding carboxylic acids is 1. The smallest absolute Gasteiger partial charge is 0.421 e. The van der Waals surface area contributed by atoms with Gasteiger partial charge in [0.05, 0.1) is 11.4 Å². The van der Waals surface area contributed by atoms with Gasteiger partial charge in [0.15, 0.2) is 0 Å². The van der Waals surface area contributed by atoms with E-state index in [-0.39, 0.29) is 29.7 Å². The van der Waals surface area contributed by atoms with Gasteiger partial charge in [-0.05, 0) is 50.5 Å². The fraction of sp³-hybridized carbons (Fsp3) is 0.636. The first kappa shape index (κ1) is 24.9. The lowest BCUT2D eigenvalue weighted by Crippen LogP contribution is -2.34. The molecule has 184 valence electrons. The van der Waals surface area contributed by atoms with Crippen molar-refractivity contribution in [1.29, 1.82) is 0 Å². The number of nitrogens with two attached hydrogens (primary N) is 2. The highest BCUT2D eigenvalue weighted by Crippen LogP contribution is 2.38. The number of alkyl halides is 3. The lowest BCUT2D eigenvalue weighted by Gasteiger charge is -2.25. The second kappa shape index (κ2) is 10.5. The van der Waals surface area contributed by atoms with E-state index in [0.717, 1.165) is 43.2 Å². The molecule has 0 radical (unpaired) electrons.